The fourth-order valence-corrected chi connectivity index (χ4v) is 7.30. The van der Waals surface area contributed by atoms with Crippen molar-refractivity contribution in [1.29, 1.82) is 0 Å². The highest BCUT2D eigenvalue weighted by molar-refractivity contribution is 5.94. The van der Waals surface area contributed by atoms with E-state index in [1.54, 1.807) is 0 Å². The number of hydrogen-bond acceptors (Lipinski definition) is 3. The van der Waals surface area contributed by atoms with Gasteiger partial charge in [-0.1, -0.05) is 111 Å². The Morgan fingerprint density at radius 3 is 2.11 bits per heavy atom. The van der Waals surface area contributed by atoms with Gasteiger partial charge in [0.05, 0.1) is 0 Å². The van der Waals surface area contributed by atoms with Crippen molar-refractivity contribution >= 4 is 38.9 Å². The Morgan fingerprint density at radius 1 is 0.511 bits per heavy atom. The minimum atomic E-state index is -0.210. The predicted molar refractivity (Wildman–Crippen MR) is 195 cm³/mol. The quantitative estimate of drug-likeness (QED) is 0.196. The smallest absolute Gasteiger partial charge is 0.227 e. The minimum absolute atomic E-state index is 0.210. The van der Waals surface area contributed by atoms with E-state index in [1.165, 1.54) is 44.2 Å². The van der Waals surface area contributed by atoms with E-state index in [1.807, 2.05) is 24.3 Å². The van der Waals surface area contributed by atoms with Crippen LogP contribution in [0.15, 0.2) is 162 Å². The third-order valence-electron chi connectivity index (χ3n) is 9.67. The zero-order valence-corrected chi connectivity index (χ0v) is 26.3. The van der Waals surface area contributed by atoms with Crippen LogP contribution in [-0.4, -0.2) is 4.98 Å². The number of anilines is 3. The molecule has 3 heteroatoms. The summed E-state index contributed by atoms with van der Waals surface area (Å²) in [4.78, 5) is 7.25. The summed E-state index contributed by atoms with van der Waals surface area (Å²) in [7, 11) is 0. The molecule has 0 spiro atoms. The van der Waals surface area contributed by atoms with Gasteiger partial charge in [-0.3, -0.25) is 0 Å². The van der Waals surface area contributed by atoms with Crippen molar-refractivity contribution in [3.63, 3.8) is 0 Å². The largest absolute Gasteiger partial charge is 0.436 e. The number of para-hydroxylation sites is 3. The summed E-state index contributed by atoms with van der Waals surface area (Å²) in [6, 6.07) is 56.2. The molecule has 0 saturated heterocycles. The van der Waals surface area contributed by atoms with Crippen molar-refractivity contribution in [3.05, 3.63) is 169 Å². The summed E-state index contributed by atoms with van der Waals surface area (Å²) in [5.41, 5.74) is 13.2. The van der Waals surface area contributed by atoms with Gasteiger partial charge in [0.25, 0.3) is 0 Å². The van der Waals surface area contributed by atoms with E-state index >= 15 is 0 Å². The van der Waals surface area contributed by atoms with Gasteiger partial charge >= 0.3 is 0 Å². The van der Waals surface area contributed by atoms with Gasteiger partial charge in [0, 0.05) is 28.0 Å². The number of aromatic nitrogens is 1. The van der Waals surface area contributed by atoms with E-state index < -0.39 is 0 Å². The molecule has 0 saturated carbocycles. The van der Waals surface area contributed by atoms with Crippen molar-refractivity contribution in [2.75, 3.05) is 4.90 Å². The second kappa shape index (κ2) is 10.6. The van der Waals surface area contributed by atoms with Crippen LogP contribution in [0.2, 0.25) is 0 Å². The Hall–Kier alpha value is -5.93. The molecular weight excluding hydrogens is 572 g/mol. The van der Waals surface area contributed by atoms with E-state index in [-0.39, 0.29) is 5.41 Å². The fourth-order valence-electron chi connectivity index (χ4n) is 7.30. The van der Waals surface area contributed by atoms with Crippen molar-refractivity contribution in [1.82, 2.24) is 4.98 Å². The number of fused-ring (bicyclic) bond motifs is 5. The molecule has 0 unspecified atom stereocenters. The first-order valence-electron chi connectivity index (χ1n) is 16.1. The van der Waals surface area contributed by atoms with Gasteiger partial charge in [-0.2, -0.15) is 0 Å². The van der Waals surface area contributed by atoms with E-state index in [9.17, 15) is 0 Å². The van der Waals surface area contributed by atoms with Crippen molar-refractivity contribution in [2.24, 2.45) is 0 Å². The molecule has 224 valence electrons. The van der Waals surface area contributed by atoms with Gasteiger partial charge in [-0.15, -0.1) is 0 Å². The summed E-state index contributed by atoms with van der Waals surface area (Å²) in [5.74, 6) is 0.659. The molecule has 0 bridgehead atoms. The molecule has 0 amide bonds. The second-order valence-corrected chi connectivity index (χ2v) is 12.9. The van der Waals surface area contributed by atoms with E-state index in [2.05, 4.69) is 152 Å². The van der Waals surface area contributed by atoms with Crippen LogP contribution in [0.1, 0.15) is 25.0 Å². The van der Waals surface area contributed by atoms with E-state index in [4.69, 9.17) is 9.40 Å². The van der Waals surface area contributed by atoms with E-state index in [0.29, 0.717) is 5.89 Å². The molecule has 8 aromatic rings. The second-order valence-electron chi connectivity index (χ2n) is 12.9. The van der Waals surface area contributed by atoms with Gasteiger partial charge in [0.2, 0.25) is 5.89 Å². The van der Waals surface area contributed by atoms with Crippen LogP contribution in [0.4, 0.5) is 17.1 Å². The highest BCUT2D eigenvalue weighted by atomic mass is 16.3. The summed E-state index contributed by atoms with van der Waals surface area (Å²) < 4.78 is 6.29. The number of nitrogens with zero attached hydrogens (tertiary/aromatic N) is 2. The molecule has 0 radical (unpaired) electrons. The molecular formula is C44H32N2O. The lowest BCUT2D eigenvalue weighted by Crippen LogP contribution is -2.16. The van der Waals surface area contributed by atoms with Crippen LogP contribution in [0.3, 0.4) is 0 Å². The standard InChI is InChI=1S/C44H32N2O/c1-44(2)38-19-11-18-37(43-45-40-20-8-9-21-41(40)47-43)42(38)36-25-24-35(28-39(36)44)46(33-15-4-3-5-16-33)34-17-10-14-31(27-34)32-23-22-29-12-6-7-13-30(29)26-32/h3-28H,1-2H3. The highest BCUT2D eigenvalue weighted by Gasteiger charge is 2.38. The molecule has 7 aromatic carbocycles. The van der Waals surface area contributed by atoms with Gasteiger partial charge in [0.15, 0.2) is 5.58 Å². The van der Waals surface area contributed by atoms with Crippen molar-refractivity contribution in [2.45, 2.75) is 19.3 Å². The van der Waals surface area contributed by atoms with Crippen molar-refractivity contribution in [3.8, 4) is 33.7 Å². The molecule has 1 aromatic heterocycles. The van der Waals surface area contributed by atoms with Crippen LogP contribution < -0.4 is 4.90 Å². The molecule has 0 fully saturated rings. The normalized spacial score (nSPS) is 13.1. The van der Waals surface area contributed by atoms with Crippen molar-refractivity contribution < 1.29 is 4.42 Å². The first-order chi connectivity index (χ1) is 23.0. The first kappa shape index (κ1) is 27.4. The number of benzene rings is 7. The molecule has 47 heavy (non-hydrogen) atoms. The molecule has 3 nitrogen and oxygen atoms in total. The average Bonchev–Trinajstić information content (AvgIpc) is 3.65. The third-order valence-corrected chi connectivity index (χ3v) is 9.67. The number of rotatable bonds is 5. The molecule has 9 rings (SSSR count). The maximum absolute atomic E-state index is 6.29. The highest BCUT2D eigenvalue weighted by Crippen LogP contribution is 2.53. The summed E-state index contributed by atoms with van der Waals surface area (Å²) in [6.07, 6.45) is 0. The van der Waals surface area contributed by atoms with Gasteiger partial charge in [0.1, 0.15) is 5.52 Å². The van der Waals surface area contributed by atoms with Gasteiger partial charge in [-0.25, -0.2) is 4.98 Å². The topological polar surface area (TPSA) is 29.3 Å². The SMILES string of the molecule is CC1(C)c2cc(N(c3ccccc3)c3cccc(-c4ccc5ccccc5c4)c3)ccc2-c2c(-c3nc4ccccc4o3)cccc21. The van der Waals surface area contributed by atoms with Gasteiger partial charge < -0.3 is 9.32 Å². The Labute approximate surface area is 274 Å². The minimum Gasteiger partial charge on any atom is -0.436 e. The number of oxazole rings is 1. The molecule has 1 aliphatic rings. The van der Waals surface area contributed by atoms with Crippen LogP contribution in [0, 0.1) is 0 Å². The Bertz CT molecular complexity index is 2420. The Morgan fingerprint density at radius 2 is 1.23 bits per heavy atom. The van der Waals surface area contributed by atoms with Crippen LogP contribution >= 0.6 is 0 Å². The lowest BCUT2D eigenvalue weighted by molar-refractivity contribution is 0.619. The monoisotopic (exact) mass is 604 g/mol. The van der Waals surface area contributed by atoms with E-state index in [0.717, 1.165) is 33.7 Å². The summed E-state index contributed by atoms with van der Waals surface area (Å²) in [6.45, 7) is 4.65. The zero-order chi connectivity index (χ0) is 31.5. The summed E-state index contributed by atoms with van der Waals surface area (Å²) >= 11 is 0. The lowest BCUT2D eigenvalue weighted by atomic mass is 9.82. The van der Waals surface area contributed by atoms with Crippen LogP contribution in [0.5, 0.6) is 0 Å². The lowest BCUT2D eigenvalue weighted by Gasteiger charge is -2.28. The maximum atomic E-state index is 6.29. The fraction of sp³-hybridized carbons (Fsp3) is 0.0682. The van der Waals surface area contributed by atoms with Crippen LogP contribution in [-0.2, 0) is 5.41 Å². The molecule has 0 aliphatic heterocycles. The zero-order valence-electron chi connectivity index (χ0n) is 26.3. The average molecular weight is 605 g/mol. The molecule has 0 N–H and O–H groups in total. The predicted octanol–water partition coefficient (Wildman–Crippen LogP) is 12.1. The molecule has 1 aliphatic carbocycles. The molecule has 0 atom stereocenters. The molecule has 1 heterocycles. The number of hydrogen-bond donors (Lipinski definition) is 0. The third kappa shape index (κ3) is 4.46. The van der Waals surface area contributed by atoms with Crippen LogP contribution in [0.25, 0.3) is 55.6 Å². The Balaban J connectivity index is 1.18. The maximum Gasteiger partial charge on any atom is 0.227 e. The Kier molecular flexibility index (Phi) is 6.16. The summed E-state index contributed by atoms with van der Waals surface area (Å²) in [5, 5.41) is 2.49. The first-order valence-corrected chi connectivity index (χ1v) is 16.1. The van der Waals surface area contributed by atoms with Gasteiger partial charge in [-0.05, 0) is 105 Å².